The number of rotatable bonds is 4. The summed E-state index contributed by atoms with van der Waals surface area (Å²) in [7, 11) is 0. The molecule has 6 nitrogen and oxygen atoms in total. The van der Waals surface area contributed by atoms with Crippen molar-refractivity contribution >= 4 is 50.2 Å². The number of aromatic nitrogens is 3. The third kappa shape index (κ3) is 2.79. The Kier molecular flexibility index (Phi) is 3.68. The highest BCUT2D eigenvalue weighted by molar-refractivity contribution is 7.22. The Hall–Kier alpha value is -2.25. The van der Waals surface area contributed by atoms with Gasteiger partial charge in [-0.3, -0.25) is 0 Å². The number of alkyl halides is 1. The summed E-state index contributed by atoms with van der Waals surface area (Å²) in [5, 5.41) is 12.6. The van der Waals surface area contributed by atoms with E-state index in [4.69, 9.17) is 16.7 Å². The molecule has 2 heterocycles. The maximum Gasteiger partial charge on any atom is 0.339 e. The molecule has 0 fully saturated rings. The van der Waals surface area contributed by atoms with Crippen LogP contribution >= 0.6 is 22.9 Å². The average molecular weight is 321 g/mol. The van der Waals surface area contributed by atoms with Crippen molar-refractivity contribution in [2.75, 3.05) is 5.32 Å². The Morgan fingerprint density at radius 2 is 2.14 bits per heavy atom. The topological polar surface area (TPSA) is 88.0 Å². The first-order chi connectivity index (χ1) is 10.2. The summed E-state index contributed by atoms with van der Waals surface area (Å²) in [5.41, 5.74) is 1.15. The van der Waals surface area contributed by atoms with Crippen molar-refractivity contribution < 1.29 is 9.90 Å². The number of carbonyl (C=O) groups is 1. The smallest absolute Gasteiger partial charge is 0.339 e. The van der Waals surface area contributed by atoms with E-state index in [1.807, 2.05) is 24.3 Å². The SMILES string of the molecule is O=C(O)c1cnc(Nc2nc3ccccc3s2)nc1CCl. The van der Waals surface area contributed by atoms with Crippen molar-refractivity contribution in [1.29, 1.82) is 0 Å². The zero-order valence-electron chi connectivity index (χ0n) is 10.6. The Balaban J connectivity index is 1.92. The predicted molar refractivity (Wildman–Crippen MR) is 81.5 cm³/mol. The second-order valence-electron chi connectivity index (χ2n) is 4.10. The molecule has 8 heteroatoms. The standard InChI is InChI=1S/C13H9ClN4O2S/c14-5-9-7(11(19)20)6-15-12(16-9)18-13-17-8-3-1-2-4-10(8)21-13/h1-4,6H,5H2,(H,19,20)(H,15,16,17,18). The maximum atomic E-state index is 11.0. The Bertz CT molecular complexity index is 788. The number of nitrogens with zero attached hydrogens (tertiary/aromatic N) is 3. The number of hydrogen-bond acceptors (Lipinski definition) is 6. The number of carboxylic acid groups (broad SMARTS) is 1. The van der Waals surface area contributed by atoms with E-state index in [0.29, 0.717) is 5.13 Å². The van der Waals surface area contributed by atoms with Crippen LogP contribution in [0.4, 0.5) is 11.1 Å². The van der Waals surface area contributed by atoms with Crippen molar-refractivity contribution in [2.24, 2.45) is 0 Å². The summed E-state index contributed by atoms with van der Waals surface area (Å²) >= 11 is 7.19. The summed E-state index contributed by atoms with van der Waals surface area (Å²) in [6.45, 7) is 0. The number of halogens is 1. The molecule has 2 N–H and O–H groups in total. The van der Waals surface area contributed by atoms with Crippen LogP contribution in [-0.2, 0) is 5.88 Å². The fraction of sp³-hybridized carbons (Fsp3) is 0.0769. The molecule has 21 heavy (non-hydrogen) atoms. The Morgan fingerprint density at radius 3 is 2.86 bits per heavy atom. The van der Waals surface area contributed by atoms with E-state index in [1.165, 1.54) is 17.5 Å². The van der Waals surface area contributed by atoms with E-state index in [0.717, 1.165) is 10.2 Å². The lowest BCUT2D eigenvalue weighted by molar-refractivity contribution is 0.0695. The minimum absolute atomic E-state index is 0.000139. The summed E-state index contributed by atoms with van der Waals surface area (Å²) in [6, 6.07) is 7.73. The highest BCUT2D eigenvalue weighted by Crippen LogP contribution is 2.27. The Morgan fingerprint density at radius 1 is 1.33 bits per heavy atom. The molecule has 0 bridgehead atoms. The number of thiazole rings is 1. The molecule has 0 saturated carbocycles. The van der Waals surface area contributed by atoms with Crippen LogP contribution in [0.25, 0.3) is 10.2 Å². The summed E-state index contributed by atoms with van der Waals surface area (Å²) in [4.78, 5) is 23.5. The van der Waals surface area contributed by atoms with Gasteiger partial charge in [-0.15, -0.1) is 11.6 Å². The van der Waals surface area contributed by atoms with Gasteiger partial charge in [-0.1, -0.05) is 23.5 Å². The van der Waals surface area contributed by atoms with Crippen LogP contribution in [-0.4, -0.2) is 26.0 Å². The zero-order valence-corrected chi connectivity index (χ0v) is 12.1. The van der Waals surface area contributed by atoms with Gasteiger partial charge in [0.15, 0.2) is 5.13 Å². The molecule has 0 amide bonds. The first-order valence-electron chi connectivity index (χ1n) is 5.95. The fourth-order valence-corrected chi connectivity index (χ4v) is 2.84. The van der Waals surface area contributed by atoms with Crippen LogP contribution < -0.4 is 5.32 Å². The van der Waals surface area contributed by atoms with Gasteiger partial charge in [-0.05, 0) is 12.1 Å². The highest BCUT2D eigenvalue weighted by atomic mass is 35.5. The third-order valence-electron chi connectivity index (χ3n) is 2.74. The molecule has 3 rings (SSSR count). The molecule has 0 aliphatic carbocycles. The van der Waals surface area contributed by atoms with Gasteiger partial charge in [0, 0.05) is 6.20 Å². The molecule has 0 aliphatic heterocycles. The van der Waals surface area contributed by atoms with E-state index in [1.54, 1.807) is 0 Å². The van der Waals surface area contributed by atoms with Crippen LogP contribution in [0.15, 0.2) is 30.5 Å². The number of anilines is 2. The van der Waals surface area contributed by atoms with Crippen molar-refractivity contribution in [2.45, 2.75) is 5.88 Å². The van der Waals surface area contributed by atoms with E-state index in [-0.39, 0.29) is 23.1 Å². The van der Waals surface area contributed by atoms with Gasteiger partial charge in [0.05, 0.1) is 21.8 Å². The van der Waals surface area contributed by atoms with Crippen LogP contribution in [0, 0.1) is 0 Å². The molecule has 0 atom stereocenters. The van der Waals surface area contributed by atoms with Crippen molar-refractivity contribution in [3.05, 3.63) is 41.7 Å². The highest BCUT2D eigenvalue weighted by Gasteiger charge is 2.13. The average Bonchev–Trinajstić information content (AvgIpc) is 2.88. The fourth-order valence-electron chi connectivity index (χ4n) is 1.78. The van der Waals surface area contributed by atoms with Gasteiger partial charge in [0.1, 0.15) is 5.56 Å². The molecule has 0 saturated heterocycles. The molecule has 1 aromatic carbocycles. The number of para-hydroxylation sites is 1. The molecule has 0 spiro atoms. The van der Waals surface area contributed by atoms with E-state index in [2.05, 4.69) is 20.3 Å². The second kappa shape index (κ2) is 5.63. The molecule has 0 aliphatic rings. The summed E-state index contributed by atoms with van der Waals surface area (Å²) < 4.78 is 1.04. The Labute approximate surface area is 128 Å². The van der Waals surface area contributed by atoms with Crippen LogP contribution in [0.1, 0.15) is 16.1 Å². The quantitative estimate of drug-likeness (QED) is 0.717. The normalized spacial score (nSPS) is 10.7. The lowest BCUT2D eigenvalue weighted by atomic mass is 10.2. The second-order valence-corrected chi connectivity index (χ2v) is 5.40. The summed E-state index contributed by atoms with van der Waals surface area (Å²) in [6.07, 6.45) is 1.24. The first kappa shape index (κ1) is 13.7. The first-order valence-corrected chi connectivity index (χ1v) is 7.30. The van der Waals surface area contributed by atoms with Gasteiger partial charge in [-0.25, -0.2) is 19.7 Å². The van der Waals surface area contributed by atoms with Crippen molar-refractivity contribution in [1.82, 2.24) is 15.0 Å². The predicted octanol–water partition coefficient (Wildman–Crippen LogP) is 3.27. The van der Waals surface area contributed by atoms with Gasteiger partial charge in [0.25, 0.3) is 0 Å². The largest absolute Gasteiger partial charge is 0.478 e. The van der Waals surface area contributed by atoms with Crippen LogP contribution in [0.2, 0.25) is 0 Å². The minimum atomic E-state index is -1.10. The number of aromatic carboxylic acids is 1. The van der Waals surface area contributed by atoms with Gasteiger partial charge < -0.3 is 10.4 Å². The van der Waals surface area contributed by atoms with E-state index < -0.39 is 5.97 Å². The summed E-state index contributed by atoms with van der Waals surface area (Å²) in [5.74, 6) is -0.828. The molecular weight excluding hydrogens is 312 g/mol. The molecule has 106 valence electrons. The maximum absolute atomic E-state index is 11.0. The molecule has 3 aromatic rings. The lowest BCUT2D eigenvalue weighted by Gasteiger charge is -2.04. The number of benzene rings is 1. The lowest BCUT2D eigenvalue weighted by Crippen LogP contribution is -2.07. The number of carboxylic acids is 1. The minimum Gasteiger partial charge on any atom is -0.478 e. The number of nitrogens with one attached hydrogen (secondary N) is 1. The van der Waals surface area contributed by atoms with Crippen LogP contribution in [0.5, 0.6) is 0 Å². The third-order valence-corrected chi connectivity index (χ3v) is 3.94. The van der Waals surface area contributed by atoms with Crippen molar-refractivity contribution in [3.8, 4) is 0 Å². The van der Waals surface area contributed by atoms with Crippen molar-refractivity contribution in [3.63, 3.8) is 0 Å². The number of hydrogen-bond donors (Lipinski definition) is 2. The molecule has 0 unspecified atom stereocenters. The molecular formula is C13H9ClN4O2S. The molecule has 2 aromatic heterocycles. The van der Waals surface area contributed by atoms with Gasteiger partial charge in [0.2, 0.25) is 5.95 Å². The van der Waals surface area contributed by atoms with E-state index in [9.17, 15) is 4.79 Å². The monoisotopic (exact) mass is 320 g/mol. The van der Waals surface area contributed by atoms with Crippen LogP contribution in [0.3, 0.4) is 0 Å². The number of fused-ring (bicyclic) bond motifs is 1. The van der Waals surface area contributed by atoms with Gasteiger partial charge >= 0.3 is 5.97 Å². The van der Waals surface area contributed by atoms with Gasteiger partial charge in [-0.2, -0.15) is 0 Å². The van der Waals surface area contributed by atoms with E-state index >= 15 is 0 Å². The zero-order chi connectivity index (χ0) is 14.8. The molecule has 0 radical (unpaired) electrons.